The van der Waals surface area contributed by atoms with E-state index < -0.39 is 0 Å². The Bertz CT molecular complexity index is 3240. The number of para-hydroxylation sites is 2. The van der Waals surface area contributed by atoms with Gasteiger partial charge in [-0.15, -0.1) is 0 Å². The molecule has 1 aliphatic carbocycles. The summed E-state index contributed by atoms with van der Waals surface area (Å²) in [6.45, 7) is 0. The second kappa shape index (κ2) is 9.49. The van der Waals surface area contributed by atoms with Crippen molar-refractivity contribution in [3.05, 3.63) is 164 Å². The van der Waals surface area contributed by atoms with Crippen LogP contribution in [0.2, 0.25) is 0 Å². The number of benzene rings is 9. The van der Waals surface area contributed by atoms with Crippen molar-refractivity contribution in [1.82, 2.24) is 4.57 Å². The van der Waals surface area contributed by atoms with Crippen LogP contribution in [0.25, 0.3) is 115 Å². The van der Waals surface area contributed by atoms with Crippen LogP contribution in [0, 0.1) is 0 Å². The molecule has 2 nitrogen and oxygen atoms in total. The Balaban J connectivity index is 1.13. The van der Waals surface area contributed by atoms with Crippen LogP contribution in [0.1, 0.15) is 0 Å². The maximum absolute atomic E-state index is 6.49. The van der Waals surface area contributed by atoms with E-state index in [-0.39, 0.29) is 0 Å². The van der Waals surface area contributed by atoms with E-state index in [4.69, 9.17) is 4.42 Å². The van der Waals surface area contributed by atoms with Crippen LogP contribution in [-0.4, -0.2) is 4.57 Å². The Morgan fingerprint density at radius 1 is 0.300 bits per heavy atom. The Morgan fingerprint density at radius 3 is 1.76 bits per heavy atom. The molecule has 50 heavy (non-hydrogen) atoms. The van der Waals surface area contributed by atoms with Crippen molar-refractivity contribution in [2.75, 3.05) is 0 Å². The molecule has 0 bridgehead atoms. The van der Waals surface area contributed by atoms with Gasteiger partial charge in [-0.3, -0.25) is 0 Å². The zero-order chi connectivity index (χ0) is 32.5. The lowest BCUT2D eigenvalue weighted by Gasteiger charge is -2.16. The number of hydrogen-bond acceptors (Lipinski definition) is 1. The third kappa shape index (κ3) is 3.28. The molecule has 0 saturated carbocycles. The average Bonchev–Trinajstić information content (AvgIpc) is 3.84. The first-order valence-corrected chi connectivity index (χ1v) is 17.3. The fourth-order valence-corrected chi connectivity index (χ4v) is 9.07. The molecule has 0 N–H and O–H groups in total. The number of aromatic nitrogens is 1. The summed E-state index contributed by atoms with van der Waals surface area (Å²) in [5.74, 6) is 0. The van der Waals surface area contributed by atoms with Gasteiger partial charge in [0.1, 0.15) is 11.2 Å². The normalized spacial score (nSPS) is 12.4. The highest BCUT2D eigenvalue weighted by atomic mass is 16.3. The number of furan rings is 1. The summed E-state index contributed by atoms with van der Waals surface area (Å²) >= 11 is 0. The third-order valence-electron chi connectivity index (χ3n) is 11.2. The van der Waals surface area contributed by atoms with Gasteiger partial charge in [-0.25, -0.2) is 0 Å². The standard InChI is InChI=1S/C48H27NO/c1-2-12-30-29(11-1)35-16-9-17-36-32(20-21-37(30)46(35)36)31-24-26-43(33-13-4-3-10-28(31)33)49-42-18-7-5-15-41(42)47-38-22-23-39-34-14-6-8-19-45(34)50-48(39)40(38)25-27-44(47)49/h1-27H. The number of hydrogen-bond donors (Lipinski definition) is 0. The van der Waals surface area contributed by atoms with E-state index in [9.17, 15) is 0 Å². The molecule has 2 aromatic heterocycles. The zero-order valence-corrected chi connectivity index (χ0v) is 26.9. The summed E-state index contributed by atoms with van der Waals surface area (Å²) in [5.41, 5.74) is 13.3. The first-order chi connectivity index (χ1) is 24.8. The Kier molecular flexibility index (Phi) is 5.00. The fraction of sp³-hybridized carbons (Fsp3) is 0. The maximum Gasteiger partial charge on any atom is 0.143 e. The van der Waals surface area contributed by atoms with E-state index in [1.807, 2.05) is 6.07 Å². The first-order valence-electron chi connectivity index (χ1n) is 17.3. The fourth-order valence-electron chi connectivity index (χ4n) is 9.07. The van der Waals surface area contributed by atoms with Gasteiger partial charge in [-0.1, -0.05) is 127 Å². The minimum atomic E-state index is 0.925. The van der Waals surface area contributed by atoms with E-state index in [1.54, 1.807) is 0 Å². The summed E-state index contributed by atoms with van der Waals surface area (Å²) < 4.78 is 8.95. The largest absolute Gasteiger partial charge is 0.455 e. The molecular formula is C48H27NO. The molecule has 2 heteroatoms. The van der Waals surface area contributed by atoms with Gasteiger partial charge >= 0.3 is 0 Å². The summed E-state index contributed by atoms with van der Waals surface area (Å²) in [5, 5.41) is 12.3. The molecule has 11 aromatic rings. The molecular weight excluding hydrogens is 607 g/mol. The molecule has 1 aliphatic rings. The monoisotopic (exact) mass is 633 g/mol. The molecule has 0 radical (unpaired) electrons. The Morgan fingerprint density at radius 2 is 0.880 bits per heavy atom. The van der Waals surface area contributed by atoms with Gasteiger partial charge in [-0.05, 0) is 91.3 Å². The van der Waals surface area contributed by atoms with Gasteiger partial charge in [0.25, 0.3) is 0 Å². The summed E-state index contributed by atoms with van der Waals surface area (Å²) in [7, 11) is 0. The molecule has 230 valence electrons. The molecule has 0 saturated heterocycles. The van der Waals surface area contributed by atoms with Crippen LogP contribution >= 0.6 is 0 Å². The van der Waals surface area contributed by atoms with Crippen molar-refractivity contribution in [1.29, 1.82) is 0 Å². The molecule has 0 amide bonds. The lowest BCUT2D eigenvalue weighted by Crippen LogP contribution is -1.96. The van der Waals surface area contributed by atoms with Crippen LogP contribution in [0.5, 0.6) is 0 Å². The van der Waals surface area contributed by atoms with E-state index in [0.717, 1.165) is 27.3 Å². The third-order valence-corrected chi connectivity index (χ3v) is 11.2. The highest BCUT2D eigenvalue weighted by Crippen LogP contribution is 2.50. The molecule has 12 rings (SSSR count). The Labute approximate surface area is 287 Å². The van der Waals surface area contributed by atoms with Crippen LogP contribution in [-0.2, 0) is 0 Å². The van der Waals surface area contributed by atoms with E-state index in [0.29, 0.717) is 0 Å². The topological polar surface area (TPSA) is 18.1 Å². The van der Waals surface area contributed by atoms with Gasteiger partial charge in [0.05, 0.1) is 16.7 Å². The highest BCUT2D eigenvalue weighted by Gasteiger charge is 2.24. The van der Waals surface area contributed by atoms with Crippen molar-refractivity contribution in [2.45, 2.75) is 0 Å². The average molecular weight is 634 g/mol. The van der Waals surface area contributed by atoms with Crippen LogP contribution in [0.15, 0.2) is 168 Å². The Hall–Kier alpha value is -6.64. The molecule has 0 fully saturated rings. The van der Waals surface area contributed by atoms with Crippen molar-refractivity contribution < 1.29 is 4.42 Å². The van der Waals surface area contributed by atoms with Gasteiger partial charge in [0, 0.05) is 32.3 Å². The molecule has 2 heterocycles. The lowest BCUT2D eigenvalue weighted by atomic mass is 9.91. The van der Waals surface area contributed by atoms with Crippen LogP contribution in [0.4, 0.5) is 0 Å². The second-order valence-corrected chi connectivity index (χ2v) is 13.6. The van der Waals surface area contributed by atoms with Gasteiger partial charge in [-0.2, -0.15) is 0 Å². The van der Waals surface area contributed by atoms with Gasteiger partial charge < -0.3 is 8.98 Å². The molecule has 0 aliphatic heterocycles. The zero-order valence-electron chi connectivity index (χ0n) is 26.9. The summed E-state index contributed by atoms with van der Waals surface area (Å²) in [6, 6.07) is 60.0. The van der Waals surface area contributed by atoms with Crippen molar-refractivity contribution in [3.63, 3.8) is 0 Å². The van der Waals surface area contributed by atoms with Crippen molar-refractivity contribution >= 4 is 76.1 Å². The smallest absolute Gasteiger partial charge is 0.143 e. The minimum Gasteiger partial charge on any atom is -0.455 e. The summed E-state index contributed by atoms with van der Waals surface area (Å²) in [4.78, 5) is 0. The van der Waals surface area contributed by atoms with E-state index in [2.05, 4.69) is 162 Å². The van der Waals surface area contributed by atoms with Crippen molar-refractivity contribution in [3.8, 4) is 39.1 Å². The van der Waals surface area contributed by atoms with Gasteiger partial charge in [0.2, 0.25) is 0 Å². The van der Waals surface area contributed by atoms with Gasteiger partial charge in [0.15, 0.2) is 0 Å². The van der Waals surface area contributed by atoms with Crippen LogP contribution < -0.4 is 0 Å². The molecule has 0 atom stereocenters. The molecule has 0 spiro atoms. The number of rotatable bonds is 2. The van der Waals surface area contributed by atoms with E-state index >= 15 is 0 Å². The number of nitrogens with zero attached hydrogens (tertiary/aromatic N) is 1. The quantitative estimate of drug-likeness (QED) is 0.185. The SMILES string of the molecule is c1ccc2c(c1)-c1cccc3c(-c4ccc(-n5c6ccccc6c6c7ccc8c9ccccc9oc8c7ccc65)c5ccccc45)ccc-2c13. The van der Waals surface area contributed by atoms with Crippen molar-refractivity contribution in [2.24, 2.45) is 0 Å². The first kappa shape index (κ1) is 26.3. The van der Waals surface area contributed by atoms with Crippen LogP contribution in [0.3, 0.4) is 0 Å². The highest BCUT2D eigenvalue weighted by molar-refractivity contribution is 6.27. The van der Waals surface area contributed by atoms with E-state index in [1.165, 1.54) is 87.8 Å². The maximum atomic E-state index is 6.49. The lowest BCUT2D eigenvalue weighted by molar-refractivity contribution is 0.672. The number of fused-ring (bicyclic) bond motifs is 13. The second-order valence-electron chi connectivity index (χ2n) is 13.6. The minimum absolute atomic E-state index is 0.925. The summed E-state index contributed by atoms with van der Waals surface area (Å²) in [6.07, 6.45) is 0. The molecule has 9 aromatic carbocycles. The molecule has 0 unspecified atom stereocenters. The predicted molar refractivity (Wildman–Crippen MR) is 210 cm³/mol. The predicted octanol–water partition coefficient (Wildman–Crippen LogP) is 13.5.